The van der Waals surface area contributed by atoms with Crippen molar-refractivity contribution in [1.82, 2.24) is 4.98 Å². The SMILES string of the molecule is c1ccc(-c2nc3c4ccc(N(c5ccccc5)c5ccc6ccccc6c5)cc4c4ccccc4c3s2)cc1. The zero-order valence-corrected chi connectivity index (χ0v) is 22.5. The first-order valence-corrected chi connectivity index (χ1v) is 14.3. The molecule has 0 saturated carbocycles. The largest absolute Gasteiger partial charge is 0.310 e. The van der Waals surface area contributed by atoms with E-state index in [2.05, 4.69) is 150 Å². The maximum absolute atomic E-state index is 5.19. The molecule has 1 heterocycles. The predicted octanol–water partition coefficient (Wildman–Crippen LogP) is 10.9. The van der Waals surface area contributed by atoms with Crippen LogP contribution in [0.5, 0.6) is 0 Å². The molecule has 0 amide bonds. The molecule has 0 bridgehead atoms. The predicted molar refractivity (Wildman–Crippen MR) is 172 cm³/mol. The number of hydrogen-bond donors (Lipinski definition) is 0. The Balaban J connectivity index is 1.39. The van der Waals surface area contributed by atoms with Gasteiger partial charge in [-0.3, -0.25) is 0 Å². The molecule has 8 rings (SSSR count). The quantitative estimate of drug-likeness (QED) is 0.211. The Hall–Kier alpha value is -4.99. The summed E-state index contributed by atoms with van der Waals surface area (Å²) in [6.07, 6.45) is 0. The lowest BCUT2D eigenvalue weighted by molar-refractivity contribution is 1.29. The van der Waals surface area contributed by atoms with Crippen LogP contribution in [0.3, 0.4) is 0 Å². The molecule has 0 atom stereocenters. The van der Waals surface area contributed by atoms with Gasteiger partial charge in [-0.05, 0) is 57.9 Å². The number of anilines is 3. The van der Waals surface area contributed by atoms with E-state index < -0.39 is 0 Å². The van der Waals surface area contributed by atoms with Crippen LogP contribution in [-0.2, 0) is 0 Å². The van der Waals surface area contributed by atoms with Crippen LogP contribution in [-0.4, -0.2) is 4.98 Å². The molecule has 2 nitrogen and oxygen atoms in total. The highest BCUT2D eigenvalue weighted by atomic mass is 32.1. The summed E-state index contributed by atoms with van der Waals surface area (Å²) in [7, 11) is 0. The number of thiazole rings is 1. The van der Waals surface area contributed by atoms with Crippen LogP contribution in [0.25, 0.3) is 53.1 Å². The van der Waals surface area contributed by atoms with Crippen LogP contribution in [0.2, 0.25) is 0 Å². The summed E-state index contributed by atoms with van der Waals surface area (Å²) in [6.45, 7) is 0. The molecule has 40 heavy (non-hydrogen) atoms. The molecule has 0 saturated heterocycles. The van der Waals surface area contributed by atoms with Crippen molar-refractivity contribution < 1.29 is 0 Å². The Kier molecular flexibility index (Phi) is 5.35. The highest BCUT2D eigenvalue weighted by Crippen LogP contribution is 2.43. The van der Waals surface area contributed by atoms with Crippen LogP contribution in [0.1, 0.15) is 0 Å². The average molecular weight is 529 g/mol. The van der Waals surface area contributed by atoms with Crippen LogP contribution in [0.15, 0.2) is 146 Å². The zero-order chi connectivity index (χ0) is 26.5. The Morgan fingerprint density at radius 1 is 0.450 bits per heavy atom. The molecule has 0 aliphatic rings. The highest BCUT2D eigenvalue weighted by molar-refractivity contribution is 7.22. The maximum atomic E-state index is 5.19. The van der Waals surface area contributed by atoms with Gasteiger partial charge < -0.3 is 4.90 Å². The van der Waals surface area contributed by atoms with Gasteiger partial charge in [-0.2, -0.15) is 0 Å². The molecule has 3 heteroatoms. The Morgan fingerprint density at radius 3 is 1.93 bits per heavy atom. The first-order valence-electron chi connectivity index (χ1n) is 13.5. The third-order valence-corrected chi connectivity index (χ3v) is 8.77. The maximum Gasteiger partial charge on any atom is 0.124 e. The summed E-state index contributed by atoms with van der Waals surface area (Å²) < 4.78 is 1.24. The number of aromatic nitrogens is 1. The first-order chi connectivity index (χ1) is 19.8. The molecule has 0 spiro atoms. The lowest BCUT2D eigenvalue weighted by atomic mass is 9.99. The molecule has 0 N–H and O–H groups in total. The van der Waals surface area contributed by atoms with Crippen molar-refractivity contribution in [3.8, 4) is 10.6 Å². The standard InChI is InChI=1S/C37H24N2S/c1-3-12-26(13-4-1)37-38-35-32-22-21-30(24-34(32)31-17-9-10-18-33(31)36(35)40-37)39(28-15-5-2-6-16-28)29-20-19-25-11-7-8-14-27(25)23-29/h1-24H. The molecule has 0 unspecified atom stereocenters. The summed E-state index contributed by atoms with van der Waals surface area (Å²) in [6, 6.07) is 51.9. The van der Waals surface area contributed by atoms with E-state index in [9.17, 15) is 0 Å². The normalized spacial score (nSPS) is 11.5. The molecule has 1 aromatic heterocycles. The molecule has 0 aliphatic heterocycles. The van der Waals surface area contributed by atoms with E-state index in [4.69, 9.17) is 4.98 Å². The monoisotopic (exact) mass is 528 g/mol. The van der Waals surface area contributed by atoms with E-state index >= 15 is 0 Å². The van der Waals surface area contributed by atoms with E-state index in [1.54, 1.807) is 11.3 Å². The van der Waals surface area contributed by atoms with Crippen molar-refractivity contribution in [2.24, 2.45) is 0 Å². The summed E-state index contributed by atoms with van der Waals surface area (Å²) in [5, 5.41) is 8.42. The minimum absolute atomic E-state index is 1.06. The number of benzene rings is 7. The Labute approximate surface area is 236 Å². The Bertz CT molecular complexity index is 2160. The van der Waals surface area contributed by atoms with Gasteiger partial charge in [-0.1, -0.05) is 109 Å². The van der Waals surface area contributed by atoms with E-state index in [0.29, 0.717) is 0 Å². The fourth-order valence-electron chi connectivity index (χ4n) is 5.75. The molecule has 0 radical (unpaired) electrons. The second-order valence-corrected chi connectivity index (χ2v) is 11.0. The van der Waals surface area contributed by atoms with Crippen molar-refractivity contribution in [2.75, 3.05) is 4.90 Å². The summed E-state index contributed by atoms with van der Waals surface area (Å²) in [5.41, 5.74) is 5.61. The van der Waals surface area contributed by atoms with Crippen molar-refractivity contribution in [3.05, 3.63) is 146 Å². The zero-order valence-electron chi connectivity index (χ0n) is 21.7. The molecule has 8 aromatic rings. The number of nitrogens with zero attached hydrogens (tertiary/aromatic N) is 2. The van der Waals surface area contributed by atoms with Crippen molar-refractivity contribution in [2.45, 2.75) is 0 Å². The van der Waals surface area contributed by atoms with Crippen LogP contribution in [0.4, 0.5) is 17.1 Å². The molecule has 0 fully saturated rings. The third-order valence-electron chi connectivity index (χ3n) is 7.63. The van der Waals surface area contributed by atoms with Gasteiger partial charge in [0.2, 0.25) is 0 Å². The van der Waals surface area contributed by atoms with Gasteiger partial charge >= 0.3 is 0 Å². The third kappa shape index (κ3) is 3.75. The minimum atomic E-state index is 1.06. The van der Waals surface area contributed by atoms with E-state index in [-0.39, 0.29) is 0 Å². The fraction of sp³-hybridized carbons (Fsp3) is 0. The number of hydrogen-bond acceptors (Lipinski definition) is 3. The fourth-order valence-corrected chi connectivity index (χ4v) is 6.87. The molecule has 7 aromatic carbocycles. The van der Waals surface area contributed by atoms with Gasteiger partial charge in [0.05, 0.1) is 10.2 Å². The van der Waals surface area contributed by atoms with Crippen LogP contribution >= 0.6 is 11.3 Å². The van der Waals surface area contributed by atoms with E-state index in [1.807, 2.05) is 0 Å². The second-order valence-electron chi connectivity index (χ2n) is 10.0. The molecular weight excluding hydrogens is 504 g/mol. The van der Waals surface area contributed by atoms with Crippen LogP contribution < -0.4 is 4.90 Å². The van der Waals surface area contributed by atoms with Gasteiger partial charge in [0.15, 0.2) is 0 Å². The van der Waals surface area contributed by atoms with E-state index in [0.717, 1.165) is 33.1 Å². The van der Waals surface area contributed by atoms with Crippen molar-refractivity contribution >= 4 is 70.9 Å². The number of para-hydroxylation sites is 1. The van der Waals surface area contributed by atoms with Gasteiger partial charge in [0.1, 0.15) is 5.01 Å². The topological polar surface area (TPSA) is 16.1 Å². The lowest BCUT2D eigenvalue weighted by Crippen LogP contribution is -2.09. The number of rotatable bonds is 4. The van der Waals surface area contributed by atoms with Gasteiger partial charge in [0, 0.05) is 33.4 Å². The summed E-state index contributed by atoms with van der Waals surface area (Å²) >= 11 is 1.78. The minimum Gasteiger partial charge on any atom is -0.310 e. The van der Waals surface area contributed by atoms with Crippen molar-refractivity contribution in [3.63, 3.8) is 0 Å². The van der Waals surface area contributed by atoms with Gasteiger partial charge in [-0.25, -0.2) is 4.98 Å². The second kappa shape index (κ2) is 9.33. The lowest BCUT2D eigenvalue weighted by Gasteiger charge is -2.26. The Morgan fingerprint density at radius 2 is 1.10 bits per heavy atom. The molecule has 188 valence electrons. The van der Waals surface area contributed by atoms with E-state index in [1.165, 1.54) is 37.0 Å². The van der Waals surface area contributed by atoms with Crippen LogP contribution in [0, 0.1) is 0 Å². The number of fused-ring (bicyclic) bond motifs is 7. The summed E-state index contributed by atoms with van der Waals surface area (Å²) in [5.74, 6) is 0. The molecule has 0 aliphatic carbocycles. The highest BCUT2D eigenvalue weighted by Gasteiger charge is 2.18. The van der Waals surface area contributed by atoms with Crippen molar-refractivity contribution in [1.29, 1.82) is 0 Å². The first kappa shape index (κ1) is 22.9. The smallest absolute Gasteiger partial charge is 0.124 e. The molecular formula is C37H24N2S. The van der Waals surface area contributed by atoms with Gasteiger partial charge in [-0.15, -0.1) is 11.3 Å². The average Bonchev–Trinajstić information content (AvgIpc) is 3.48. The van der Waals surface area contributed by atoms with Gasteiger partial charge in [0.25, 0.3) is 0 Å². The summed E-state index contributed by atoms with van der Waals surface area (Å²) in [4.78, 5) is 7.54.